The van der Waals surface area contributed by atoms with Crippen molar-refractivity contribution in [3.63, 3.8) is 0 Å². The van der Waals surface area contributed by atoms with Gasteiger partial charge in [0, 0.05) is 6.20 Å². The first-order chi connectivity index (χ1) is 12.5. The van der Waals surface area contributed by atoms with E-state index in [0.29, 0.717) is 28.9 Å². The van der Waals surface area contributed by atoms with Gasteiger partial charge < -0.3 is 4.52 Å². The molecule has 4 atom stereocenters. The van der Waals surface area contributed by atoms with Crippen molar-refractivity contribution in [2.75, 3.05) is 5.09 Å². The van der Waals surface area contributed by atoms with E-state index < -0.39 is 7.52 Å². The van der Waals surface area contributed by atoms with Gasteiger partial charge in [0.15, 0.2) is 0 Å². The van der Waals surface area contributed by atoms with E-state index in [1.54, 1.807) is 6.20 Å². The summed E-state index contributed by atoms with van der Waals surface area (Å²) in [5, 5.41) is 3.80. The van der Waals surface area contributed by atoms with Gasteiger partial charge in [-0.1, -0.05) is 51.5 Å². The van der Waals surface area contributed by atoms with Crippen molar-refractivity contribution < 1.29 is 9.09 Å². The fourth-order valence-electron chi connectivity index (χ4n) is 3.78. The van der Waals surface area contributed by atoms with Crippen LogP contribution in [0.15, 0.2) is 54.7 Å². The maximum atomic E-state index is 14.0. The number of hydrogen-bond acceptors (Lipinski definition) is 3. The van der Waals surface area contributed by atoms with Gasteiger partial charge in [0.2, 0.25) is 0 Å². The molecule has 0 amide bonds. The van der Waals surface area contributed by atoms with Crippen LogP contribution >= 0.6 is 7.52 Å². The minimum absolute atomic E-state index is 0.0130. The Hall–Kier alpha value is -1.64. The molecule has 0 saturated heterocycles. The zero-order chi connectivity index (χ0) is 18.6. The Kier molecular flexibility index (Phi) is 6.16. The second-order valence-corrected chi connectivity index (χ2v) is 9.74. The lowest BCUT2D eigenvalue weighted by molar-refractivity contribution is 0.0505. The number of nitrogens with one attached hydrogen (secondary N) is 1. The third kappa shape index (κ3) is 4.55. The summed E-state index contributed by atoms with van der Waals surface area (Å²) in [6.45, 7) is 6.72. The monoisotopic (exact) mass is 372 g/mol. The first-order valence-electron chi connectivity index (χ1n) is 9.51. The van der Waals surface area contributed by atoms with Crippen molar-refractivity contribution in [1.29, 1.82) is 0 Å². The first kappa shape index (κ1) is 19.1. The molecule has 0 bridgehead atoms. The third-order valence-electron chi connectivity index (χ3n) is 5.27. The average molecular weight is 372 g/mol. The fourth-order valence-corrected chi connectivity index (χ4v) is 5.71. The van der Waals surface area contributed by atoms with Crippen LogP contribution in [0, 0.1) is 17.8 Å². The minimum atomic E-state index is -3.28. The van der Waals surface area contributed by atoms with E-state index in [0.717, 1.165) is 12.8 Å². The largest absolute Gasteiger partial charge is 0.325 e. The second-order valence-electron chi connectivity index (χ2n) is 7.68. The summed E-state index contributed by atoms with van der Waals surface area (Å²) >= 11 is 0. The highest BCUT2D eigenvalue weighted by molar-refractivity contribution is 7.68. The maximum absolute atomic E-state index is 14.0. The number of aromatic nitrogens is 1. The lowest BCUT2D eigenvalue weighted by atomic mass is 9.75. The van der Waals surface area contributed by atoms with Crippen molar-refractivity contribution in [2.45, 2.75) is 46.1 Å². The van der Waals surface area contributed by atoms with Gasteiger partial charge in [-0.3, -0.25) is 9.65 Å². The molecule has 0 spiro atoms. The predicted octanol–water partition coefficient (Wildman–Crippen LogP) is 5.49. The molecular formula is C21H29N2O2P. The molecule has 1 aromatic carbocycles. The van der Waals surface area contributed by atoms with Crippen LogP contribution in [0.5, 0.6) is 0 Å². The predicted molar refractivity (Wildman–Crippen MR) is 108 cm³/mol. The number of anilines is 1. The van der Waals surface area contributed by atoms with Gasteiger partial charge in [-0.2, -0.15) is 0 Å². The van der Waals surface area contributed by atoms with Crippen molar-refractivity contribution >= 4 is 18.6 Å². The quantitative estimate of drug-likeness (QED) is 0.681. The topological polar surface area (TPSA) is 51.2 Å². The van der Waals surface area contributed by atoms with Gasteiger partial charge in [-0.25, -0.2) is 4.98 Å². The van der Waals surface area contributed by atoms with Crippen LogP contribution in [0.2, 0.25) is 0 Å². The average Bonchev–Trinajstić information content (AvgIpc) is 2.63. The van der Waals surface area contributed by atoms with E-state index in [4.69, 9.17) is 4.52 Å². The van der Waals surface area contributed by atoms with Crippen molar-refractivity contribution in [3.05, 3.63) is 54.7 Å². The number of hydrogen-bond donors (Lipinski definition) is 1. The maximum Gasteiger partial charge on any atom is 0.325 e. The van der Waals surface area contributed by atoms with Gasteiger partial charge in [0.05, 0.1) is 11.4 Å². The molecule has 140 valence electrons. The van der Waals surface area contributed by atoms with Gasteiger partial charge in [-0.15, -0.1) is 0 Å². The van der Waals surface area contributed by atoms with E-state index >= 15 is 0 Å². The molecule has 26 heavy (non-hydrogen) atoms. The molecule has 2 aromatic rings. The first-order valence-corrected chi connectivity index (χ1v) is 11.1. The van der Waals surface area contributed by atoms with Crippen LogP contribution in [-0.4, -0.2) is 11.1 Å². The van der Waals surface area contributed by atoms with Crippen molar-refractivity contribution in [1.82, 2.24) is 4.98 Å². The number of rotatable bonds is 6. The molecule has 4 nitrogen and oxygen atoms in total. The van der Waals surface area contributed by atoms with Crippen LogP contribution in [0.25, 0.3) is 0 Å². The Balaban J connectivity index is 1.91. The smallest absolute Gasteiger partial charge is 0.306 e. The molecule has 1 aliphatic rings. The summed E-state index contributed by atoms with van der Waals surface area (Å²) in [5.74, 6) is 2.10. The highest BCUT2D eigenvalue weighted by Crippen LogP contribution is 2.50. The van der Waals surface area contributed by atoms with Crippen molar-refractivity contribution in [2.24, 2.45) is 17.8 Å². The molecule has 0 unspecified atom stereocenters. The third-order valence-corrected chi connectivity index (χ3v) is 7.34. The molecule has 1 N–H and O–H groups in total. The molecular weight excluding hydrogens is 343 g/mol. The van der Waals surface area contributed by atoms with Crippen LogP contribution in [0.1, 0.15) is 40.0 Å². The van der Waals surface area contributed by atoms with Crippen LogP contribution in [0.3, 0.4) is 0 Å². The molecule has 1 aromatic heterocycles. The van der Waals surface area contributed by atoms with Crippen LogP contribution < -0.4 is 10.4 Å². The van der Waals surface area contributed by atoms with E-state index in [1.165, 1.54) is 6.42 Å². The highest BCUT2D eigenvalue weighted by atomic mass is 31.2. The normalized spacial score (nSPS) is 25.6. The van der Waals surface area contributed by atoms with Crippen LogP contribution in [-0.2, 0) is 9.09 Å². The van der Waals surface area contributed by atoms with Crippen LogP contribution in [0.4, 0.5) is 5.82 Å². The number of benzene rings is 1. The Morgan fingerprint density at radius 2 is 1.85 bits per heavy atom. The lowest BCUT2D eigenvalue weighted by Crippen LogP contribution is -2.35. The Morgan fingerprint density at radius 1 is 1.12 bits per heavy atom. The van der Waals surface area contributed by atoms with Gasteiger partial charge in [-0.05, 0) is 54.9 Å². The molecule has 0 radical (unpaired) electrons. The summed E-state index contributed by atoms with van der Waals surface area (Å²) in [5.41, 5.74) is 0. The Morgan fingerprint density at radius 3 is 2.50 bits per heavy atom. The number of pyridine rings is 1. The summed E-state index contributed by atoms with van der Waals surface area (Å²) in [6.07, 6.45) is 4.97. The summed E-state index contributed by atoms with van der Waals surface area (Å²) < 4.78 is 20.4. The molecule has 5 heteroatoms. The summed E-state index contributed by atoms with van der Waals surface area (Å²) in [4.78, 5) is 4.29. The standard InChI is InChI=1S/C21H29N2O2P/c1-16(2)19-13-12-17(3)15-20(19)25-26(24,18-9-5-4-6-10-18)23-21-11-7-8-14-22-21/h4-11,14,16-17,19-20H,12-13,15H2,1-3H3,(H,22,23,24)/t17-,19-,20-,26+/m1/s1. The van der Waals surface area contributed by atoms with E-state index in [1.807, 2.05) is 48.5 Å². The van der Waals surface area contributed by atoms with Gasteiger partial charge >= 0.3 is 7.52 Å². The fraction of sp³-hybridized carbons (Fsp3) is 0.476. The number of nitrogens with zero attached hydrogens (tertiary/aromatic N) is 1. The SMILES string of the molecule is CC(C)[C@H]1CC[C@@H](C)C[C@H]1O[P@](=O)(Nc1ccccn1)c1ccccc1. The van der Waals surface area contributed by atoms with E-state index in [9.17, 15) is 4.57 Å². The Labute approximate surface area is 156 Å². The summed E-state index contributed by atoms with van der Waals surface area (Å²) in [7, 11) is -3.28. The minimum Gasteiger partial charge on any atom is -0.306 e. The molecule has 1 heterocycles. The zero-order valence-electron chi connectivity index (χ0n) is 15.8. The van der Waals surface area contributed by atoms with E-state index in [2.05, 4.69) is 30.8 Å². The molecule has 0 aliphatic heterocycles. The van der Waals surface area contributed by atoms with E-state index in [-0.39, 0.29) is 6.10 Å². The van der Waals surface area contributed by atoms with Gasteiger partial charge in [0.1, 0.15) is 5.82 Å². The van der Waals surface area contributed by atoms with Crippen molar-refractivity contribution in [3.8, 4) is 0 Å². The second kappa shape index (κ2) is 8.37. The van der Waals surface area contributed by atoms with Gasteiger partial charge in [0.25, 0.3) is 0 Å². The molecule has 1 fully saturated rings. The Bertz CT molecular complexity index is 736. The lowest BCUT2D eigenvalue weighted by Gasteiger charge is -2.39. The zero-order valence-corrected chi connectivity index (χ0v) is 16.7. The molecule has 1 aliphatic carbocycles. The summed E-state index contributed by atoms with van der Waals surface area (Å²) in [6, 6.07) is 15.0. The highest BCUT2D eigenvalue weighted by Gasteiger charge is 2.38. The molecule has 3 rings (SSSR count). The molecule has 1 saturated carbocycles.